The maximum Gasteiger partial charge on any atom is 0.308 e. The van der Waals surface area contributed by atoms with Gasteiger partial charge >= 0.3 is 5.97 Å². The van der Waals surface area contributed by atoms with E-state index < -0.39 is 59.9 Å². The number of nitriles is 1. The average Bonchev–Trinajstić information content (AvgIpc) is 2.48. The highest BCUT2D eigenvalue weighted by atomic mass is 19.2. The zero-order valence-electron chi connectivity index (χ0n) is 12.2. The topological polar surface area (TPSA) is 50.1 Å². The van der Waals surface area contributed by atoms with Crippen LogP contribution in [-0.4, -0.2) is 12.3 Å². The Balaban J connectivity index is 2.84. The van der Waals surface area contributed by atoms with Gasteiger partial charge in [-0.25, -0.2) is 22.0 Å². The maximum absolute atomic E-state index is 13.6. The Hall–Kier alpha value is -2.17. The number of hydrogen-bond donors (Lipinski definition) is 0. The molecule has 2 unspecified atom stereocenters. The van der Waals surface area contributed by atoms with Crippen LogP contribution in [0.3, 0.4) is 0 Å². The van der Waals surface area contributed by atoms with E-state index >= 15 is 0 Å². The summed E-state index contributed by atoms with van der Waals surface area (Å²) >= 11 is 0. The Morgan fingerprint density at radius 2 is 1.78 bits per heavy atom. The third kappa shape index (κ3) is 4.91. The summed E-state index contributed by atoms with van der Waals surface area (Å²) in [6, 6.07) is 1.50. The second kappa shape index (κ2) is 8.46. The van der Waals surface area contributed by atoms with Crippen LogP contribution in [0.1, 0.15) is 44.1 Å². The van der Waals surface area contributed by atoms with Crippen LogP contribution in [0, 0.1) is 34.6 Å². The number of carbonyl (C=O) groups is 1. The van der Waals surface area contributed by atoms with Crippen molar-refractivity contribution in [3.8, 4) is 6.07 Å². The Morgan fingerprint density at radius 1 is 1.22 bits per heavy atom. The second-order valence-corrected chi connectivity index (χ2v) is 4.79. The Kier molecular flexibility index (Phi) is 6.94. The lowest BCUT2D eigenvalue weighted by molar-refractivity contribution is -0.158. The average molecular weight is 335 g/mol. The van der Waals surface area contributed by atoms with Gasteiger partial charge < -0.3 is 4.74 Å². The van der Waals surface area contributed by atoms with Gasteiger partial charge in [0.25, 0.3) is 0 Å². The van der Waals surface area contributed by atoms with Crippen LogP contribution in [0.4, 0.5) is 22.0 Å². The monoisotopic (exact) mass is 335 g/mol. The Labute approximate surface area is 129 Å². The number of rotatable bonds is 7. The van der Waals surface area contributed by atoms with Gasteiger partial charge in [-0.3, -0.25) is 4.79 Å². The van der Waals surface area contributed by atoms with E-state index in [1.165, 1.54) is 6.07 Å². The van der Waals surface area contributed by atoms with Crippen molar-refractivity contribution >= 4 is 5.97 Å². The molecule has 126 valence electrons. The molecule has 0 saturated carbocycles. The van der Waals surface area contributed by atoms with Crippen LogP contribution in [0.2, 0.25) is 0 Å². The van der Waals surface area contributed by atoms with Crippen molar-refractivity contribution in [2.24, 2.45) is 0 Å². The first-order chi connectivity index (χ1) is 10.8. The van der Waals surface area contributed by atoms with Crippen molar-refractivity contribution in [2.75, 3.05) is 0 Å². The molecular formula is C15H14F5NO2. The number of ether oxygens (including phenoxy) is 1. The van der Waals surface area contributed by atoms with Crippen LogP contribution in [-0.2, 0) is 9.53 Å². The van der Waals surface area contributed by atoms with E-state index in [4.69, 9.17) is 5.26 Å². The fourth-order valence-corrected chi connectivity index (χ4v) is 1.92. The molecule has 0 heterocycles. The molecule has 0 amide bonds. The zero-order valence-corrected chi connectivity index (χ0v) is 12.2. The molecule has 1 aromatic carbocycles. The van der Waals surface area contributed by atoms with Gasteiger partial charge in [0.15, 0.2) is 23.3 Å². The third-order valence-electron chi connectivity index (χ3n) is 3.06. The van der Waals surface area contributed by atoms with Gasteiger partial charge in [-0.05, 0) is 12.8 Å². The van der Waals surface area contributed by atoms with Crippen molar-refractivity contribution in [3.05, 3.63) is 34.9 Å². The predicted octanol–water partition coefficient (Wildman–Crippen LogP) is 4.27. The fraction of sp³-hybridized carbons (Fsp3) is 0.467. The van der Waals surface area contributed by atoms with Crippen LogP contribution in [0.25, 0.3) is 0 Å². The van der Waals surface area contributed by atoms with Crippen LogP contribution < -0.4 is 0 Å². The van der Waals surface area contributed by atoms with E-state index in [1.807, 2.05) is 0 Å². The molecule has 8 heteroatoms. The molecule has 0 saturated heterocycles. The summed E-state index contributed by atoms with van der Waals surface area (Å²) in [6.45, 7) is 1.68. The normalized spacial score (nSPS) is 13.3. The number of alkyl halides is 1. The number of halogens is 5. The van der Waals surface area contributed by atoms with Crippen molar-refractivity contribution in [1.82, 2.24) is 0 Å². The van der Waals surface area contributed by atoms with Gasteiger partial charge in [0.05, 0.1) is 12.0 Å². The highest BCUT2D eigenvalue weighted by molar-refractivity contribution is 5.69. The summed E-state index contributed by atoms with van der Waals surface area (Å²) in [6.07, 6.45) is -2.38. The quantitative estimate of drug-likeness (QED) is 0.425. The molecule has 3 nitrogen and oxygen atoms in total. The lowest BCUT2D eigenvalue weighted by Crippen LogP contribution is -2.15. The minimum absolute atomic E-state index is 0.00815. The first-order valence-corrected chi connectivity index (χ1v) is 6.87. The molecule has 0 aliphatic carbocycles. The minimum atomic E-state index is -1.81. The maximum atomic E-state index is 13.6. The van der Waals surface area contributed by atoms with Crippen molar-refractivity contribution in [1.29, 1.82) is 5.26 Å². The number of benzene rings is 1. The highest BCUT2D eigenvalue weighted by Crippen LogP contribution is 2.29. The second-order valence-electron chi connectivity index (χ2n) is 4.79. The molecule has 0 aliphatic rings. The van der Waals surface area contributed by atoms with Crippen LogP contribution in [0.5, 0.6) is 0 Å². The summed E-state index contributed by atoms with van der Waals surface area (Å²) < 4.78 is 71.0. The van der Waals surface area contributed by atoms with E-state index in [-0.39, 0.29) is 12.5 Å². The lowest BCUT2D eigenvalue weighted by Gasteiger charge is -2.13. The van der Waals surface area contributed by atoms with Crippen molar-refractivity contribution < 1.29 is 31.5 Å². The smallest absolute Gasteiger partial charge is 0.308 e. The van der Waals surface area contributed by atoms with Gasteiger partial charge in [0.2, 0.25) is 6.36 Å². The number of esters is 1. The van der Waals surface area contributed by atoms with Crippen molar-refractivity contribution in [3.63, 3.8) is 0 Å². The lowest BCUT2D eigenvalue weighted by atomic mass is 9.94. The van der Waals surface area contributed by atoms with Crippen LogP contribution >= 0.6 is 0 Å². The molecule has 0 fully saturated rings. The molecule has 1 rings (SSSR count). The van der Waals surface area contributed by atoms with Gasteiger partial charge in [0.1, 0.15) is 0 Å². The number of hydrogen-bond acceptors (Lipinski definition) is 3. The number of nitrogens with zero attached hydrogens (tertiary/aromatic N) is 1. The minimum Gasteiger partial charge on any atom is -0.431 e. The molecular weight excluding hydrogens is 321 g/mol. The molecule has 23 heavy (non-hydrogen) atoms. The summed E-state index contributed by atoms with van der Waals surface area (Å²) in [5, 5.41) is 8.93. The Morgan fingerprint density at radius 3 is 2.26 bits per heavy atom. The first-order valence-electron chi connectivity index (χ1n) is 6.87. The van der Waals surface area contributed by atoms with Crippen LogP contribution in [0.15, 0.2) is 6.07 Å². The van der Waals surface area contributed by atoms with E-state index in [1.54, 1.807) is 6.92 Å². The van der Waals surface area contributed by atoms with Gasteiger partial charge in [-0.15, -0.1) is 0 Å². The first kappa shape index (κ1) is 18.9. The van der Waals surface area contributed by atoms with E-state index in [9.17, 15) is 26.7 Å². The molecule has 0 N–H and O–H groups in total. The highest BCUT2D eigenvalue weighted by Gasteiger charge is 2.27. The van der Waals surface area contributed by atoms with E-state index in [0.717, 1.165) is 0 Å². The van der Waals surface area contributed by atoms with Crippen molar-refractivity contribution in [2.45, 2.75) is 44.9 Å². The predicted molar refractivity (Wildman–Crippen MR) is 69.8 cm³/mol. The van der Waals surface area contributed by atoms with Gasteiger partial charge in [0, 0.05) is 24.5 Å². The molecule has 0 spiro atoms. The Bertz CT molecular complexity index is 589. The van der Waals surface area contributed by atoms with Gasteiger partial charge in [-0.2, -0.15) is 5.26 Å². The summed E-state index contributed by atoms with van der Waals surface area (Å²) in [5.74, 6) is -9.31. The molecule has 2 atom stereocenters. The summed E-state index contributed by atoms with van der Waals surface area (Å²) in [5.41, 5.74) is -1.09. The molecule has 0 aliphatic heterocycles. The van der Waals surface area contributed by atoms with Gasteiger partial charge in [-0.1, -0.05) is 6.92 Å². The summed E-state index contributed by atoms with van der Waals surface area (Å²) in [7, 11) is 0. The standard InChI is InChI=1S/C15H14F5NO2/c1-2-3-11(18)23-12(22)5-4-8(7-21)13-14(19)9(16)6-10(17)15(13)20/h6,8,11H,2-5H2,1H3. The SMILES string of the molecule is CCCC(F)OC(=O)CCC(C#N)c1c(F)c(F)cc(F)c1F. The molecule has 0 bridgehead atoms. The summed E-state index contributed by atoms with van der Waals surface area (Å²) in [4.78, 5) is 11.4. The zero-order chi connectivity index (χ0) is 17.6. The third-order valence-corrected chi connectivity index (χ3v) is 3.06. The molecule has 0 aromatic heterocycles. The van der Waals surface area contributed by atoms with E-state index in [2.05, 4.69) is 4.74 Å². The fourth-order valence-electron chi connectivity index (χ4n) is 1.92. The largest absolute Gasteiger partial charge is 0.431 e. The molecule has 1 aromatic rings. The number of carbonyl (C=O) groups excluding carboxylic acids is 1. The molecule has 0 radical (unpaired) electrons. The van der Waals surface area contributed by atoms with E-state index in [0.29, 0.717) is 6.42 Å².